The zero-order valence-electron chi connectivity index (χ0n) is 9.52. The van der Waals surface area contributed by atoms with Gasteiger partial charge in [-0.15, -0.1) is 24.8 Å². The Kier molecular flexibility index (Phi) is 7.62. The van der Waals surface area contributed by atoms with Crippen molar-refractivity contribution in [3.8, 4) is 0 Å². The quantitative estimate of drug-likeness (QED) is 0.873. The lowest BCUT2D eigenvalue weighted by molar-refractivity contribution is 0.533. The average Bonchev–Trinajstić information content (AvgIpc) is 2.31. The first-order valence-electron chi connectivity index (χ1n) is 4.62. The minimum Gasteiger partial charge on any atom is -0.394 e. The van der Waals surface area contributed by atoms with Crippen molar-refractivity contribution in [3.63, 3.8) is 0 Å². The first-order chi connectivity index (χ1) is 6.00. The summed E-state index contributed by atoms with van der Waals surface area (Å²) in [6, 6.07) is 0.711. The van der Waals surface area contributed by atoms with Gasteiger partial charge in [0.05, 0.1) is 11.9 Å². The number of anilines is 2. The summed E-state index contributed by atoms with van der Waals surface area (Å²) < 4.78 is 1.86. The Bertz CT molecular complexity index is 284. The summed E-state index contributed by atoms with van der Waals surface area (Å²) in [6.07, 6.45) is 1.86. The van der Waals surface area contributed by atoms with Gasteiger partial charge in [0.25, 0.3) is 0 Å². The van der Waals surface area contributed by atoms with Crippen LogP contribution in [0.5, 0.6) is 0 Å². The molecule has 1 aromatic rings. The molecule has 0 aliphatic rings. The van der Waals surface area contributed by atoms with Crippen LogP contribution in [0.25, 0.3) is 0 Å². The number of nitrogen functional groups attached to an aromatic ring is 1. The van der Waals surface area contributed by atoms with Crippen LogP contribution in [0.2, 0.25) is 0 Å². The Balaban J connectivity index is 0. The van der Waals surface area contributed by atoms with E-state index in [-0.39, 0.29) is 24.8 Å². The van der Waals surface area contributed by atoms with E-state index in [1.807, 2.05) is 10.9 Å². The molecule has 0 aliphatic carbocycles. The number of hydrogen-bond donors (Lipinski definition) is 2. The van der Waals surface area contributed by atoms with E-state index < -0.39 is 0 Å². The van der Waals surface area contributed by atoms with Crippen molar-refractivity contribution < 1.29 is 0 Å². The van der Waals surface area contributed by atoms with Gasteiger partial charge in [-0.2, -0.15) is 5.10 Å². The molecule has 1 aromatic heterocycles. The lowest BCUT2D eigenvalue weighted by Crippen LogP contribution is -2.12. The maximum atomic E-state index is 5.78. The SMILES string of the molecule is CC(C)Nc1nn(C(C)C)cc1N.Cl.Cl. The zero-order chi connectivity index (χ0) is 10.0. The largest absolute Gasteiger partial charge is 0.394 e. The molecule has 0 saturated heterocycles. The van der Waals surface area contributed by atoms with E-state index >= 15 is 0 Å². The highest BCUT2D eigenvalue weighted by Gasteiger charge is 2.07. The minimum atomic E-state index is 0. The summed E-state index contributed by atoms with van der Waals surface area (Å²) in [5.74, 6) is 0.781. The van der Waals surface area contributed by atoms with Gasteiger partial charge >= 0.3 is 0 Å². The first kappa shape index (κ1) is 16.8. The zero-order valence-corrected chi connectivity index (χ0v) is 11.2. The lowest BCUT2D eigenvalue weighted by Gasteiger charge is -2.07. The molecule has 0 bridgehead atoms. The summed E-state index contributed by atoms with van der Waals surface area (Å²) in [4.78, 5) is 0. The molecule has 0 saturated carbocycles. The molecule has 0 spiro atoms. The fraction of sp³-hybridized carbons (Fsp3) is 0.667. The van der Waals surface area contributed by atoms with Gasteiger partial charge < -0.3 is 11.1 Å². The number of nitrogens with one attached hydrogen (secondary N) is 1. The van der Waals surface area contributed by atoms with E-state index in [1.54, 1.807) is 0 Å². The van der Waals surface area contributed by atoms with Crippen molar-refractivity contribution in [2.24, 2.45) is 0 Å². The third-order valence-corrected chi connectivity index (χ3v) is 1.71. The van der Waals surface area contributed by atoms with Crippen LogP contribution in [0.15, 0.2) is 6.20 Å². The standard InChI is InChI=1S/C9H18N4.2ClH/c1-6(2)11-9-8(10)5-13(12-9)7(3)4;;/h5-7H,10H2,1-4H3,(H,11,12);2*1H. The molecule has 0 atom stereocenters. The van der Waals surface area contributed by atoms with Crippen molar-refractivity contribution in [2.45, 2.75) is 39.8 Å². The molecule has 6 heteroatoms. The highest BCUT2D eigenvalue weighted by Crippen LogP contribution is 2.18. The van der Waals surface area contributed by atoms with Crippen molar-refractivity contribution in [1.29, 1.82) is 0 Å². The van der Waals surface area contributed by atoms with E-state index in [2.05, 4.69) is 38.1 Å². The molecule has 15 heavy (non-hydrogen) atoms. The molecule has 0 amide bonds. The van der Waals surface area contributed by atoms with Crippen LogP contribution >= 0.6 is 24.8 Å². The summed E-state index contributed by atoms with van der Waals surface area (Å²) in [5, 5.41) is 7.52. The number of nitrogens with two attached hydrogens (primary N) is 1. The second-order valence-electron chi connectivity index (χ2n) is 3.81. The van der Waals surface area contributed by atoms with Crippen LogP contribution in [0.4, 0.5) is 11.5 Å². The fourth-order valence-corrected chi connectivity index (χ4v) is 1.06. The Morgan fingerprint density at radius 1 is 1.27 bits per heavy atom. The van der Waals surface area contributed by atoms with Crippen molar-refractivity contribution in [3.05, 3.63) is 6.20 Å². The molecule has 3 N–H and O–H groups in total. The second kappa shape index (κ2) is 6.80. The van der Waals surface area contributed by atoms with Crippen molar-refractivity contribution >= 4 is 36.3 Å². The third-order valence-electron chi connectivity index (χ3n) is 1.71. The second-order valence-corrected chi connectivity index (χ2v) is 3.81. The van der Waals surface area contributed by atoms with Gasteiger partial charge in [-0.25, -0.2) is 0 Å². The third kappa shape index (κ3) is 4.62. The number of hydrogen-bond acceptors (Lipinski definition) is 3. The van der Waals surface area contributed by atoms with Crippen LogP contribution in [0.1, 0.15) is 33.7 Å². The van der Waals surface area contributed by atoms with Gasteiger partial charge in [0.15, 0.2) is 5.82 Å². The Hall–Kier alpha value is -0.610. The monoisotopic (exact) mass is 254 g/mol. The number of nitrogens with zero attached hydrogens (tertiary/aromatic N) is 2. The number of rotatable bonds is 3. The number of halogens is 2. The number of aromatic nitrogens is 2. The summed E-state index contributed by atoms with van der Waals surface area (Å²) in [6.45, 7) is 8.28. The smallest absolute Gasteiger partial charge is 0.171 e. The molecule has 1 rings (SSSR count). The normalized spacial score (nSPS) is 9.73. The van der Waals surface area contributed by atoms with Crippen molar-refractivity contribution in [2.75, 3.05) is 11.1 Å². The van der Waals surface area contributed by atoms with Gasteiger partial charge in [0.2, 0.25) is 0 Å². The van der Waals surface area contributed by atoms with Crippen LogP contribution in [0, 0.1) is 0 Å². The van der Waals surface area contributed by atoms with E-state index in [4.69, 9.17) is 5.73 Å². The topological polar surface area (TPSA) is 55.9 Å². The Labute approximate surface area is 103 Å². The molecule has 0 unspecified atom stereocenters. The average molecular weight is 255 g/mol. The molecule has 0 aliphatic heterocycles. The Morgan fingerprint density at radius 3 is 2.13 bits per heavy atom. The van der Waals surface area contributed by atoms with Gasteiger partial charge in [-0.3, -0.25) is 4.68 Å². The maximum absolute atomic E-state index is 5.78. The Morgan fingerprint density at radius 2 is 1.80 bits per heavy atom. The molecule has 4 nitrogen and oxygen atoms in total. The summed E-state index contributed by atoms with van der Waals surface area (Å²) >= 11 is 0. The van der Waals surface area contributed by atoms with E-state index in [0.717, 1.165) is 5.82 Å². The lowest BCUT2D eigenvalue weighted by atomic mass is 10.4. The fourth-order valence-electron chi connectivity index (χ4n) is 1.06. The highest BCUT2D eigenvalue weighted by molar-refractivity contribution is 5.85. The van der Waals surface area contributed by atoms with Crippen LogP contribution in [-0.2, 0) is 0 Å². The molecular formula is C9H20Cl2N4. The molecule has 90 valence electrons. The van der Waals surface area contributed by atoms with Gasteiger partial charge in [0.1, 0.15) is 0 Å². The molecule has 0 radical (unpaired) electrons. The van der Waals surface area contributed by atoms with E-state index in [0.29, 0.717) is 17.8 Å². The minimum absolute atomic E-state index is 0. The predicted octanol–water partition coefficient (Wildman–Crippen LogP) is 2.71. The van der Waals surface area contributed by atoms with Gasteiger partial charge in [0, 0.05) is 12.1 Å². The van der Waals surface area contributed by atoms with Crippen LogP contribution in [0.3, 0.4) is 0 Å². The maximum Gasteiger partial charge on any atom is 0.171 e. The molecular weight excluding hydrogens is 235 g/mol. The molecule has 1 heterocycles. The van der Waals surface area contributed by atoms with Gasteiger partial charge in [-0.1, -0.05) is 0 Å². The van der Waals surface area contributed by atoms with Crippen LogP contribution < -0.4 is 11.1 Å². The summed E-state index contributed by atoms with van der Waals surface area (Å²) in [7, 11) is 0. The van der Waals surface area contributed by atoms with E-state index in [9.17, 15) is 0 Å². The molecule has 0 aromatic carbocycles. The van der Waals surface area contributed by atoms with Gasteiger partial charge in [-0.05, 0) is 27.7 Å². The van der Waals surface area contributed by atoms with Crippen LogP contribution in [-0.4, -0.2) is 15.8 Å². The van der Waals surface area contributed by atoms with Crippen molar-refractivity contribution in [1.82, 2.24) is 9.78 Å². The first-order valence-corrected chi connectivity index (χ1v) is 4.62. The van der Waals surface area contributed by atoms with E-state index in [1.165, 1.54) is 0 Å². The summed E-state index contributed by atoms with van der Waals surface area (Å²) in [5.41, 5.74) is 6.49. The molecule has 0 fully saturated rings. The predicted molar refractivity (Wildman–Crippen MR) is 70.3 cm³/mol. The highest BCUT2D eigenvalue weighted by atomic mass is 35.5.